The number of para-hydroxylation sites is 1. The van der Waals surface area contributed by atoms with Crippen molar-refractivity contribution in [2.24, 2.45) is 0 Å². The van der Waals surface area contributed by atoms with Gasteiger partial charge in [-0.1, -0.05) is 35.9 Å². The van der Waals surface area contributed by atoms with Crippen molar-refractivity contribution in [3.05, 3.63) is 65.4 Å². The van der Waals surface area contributed by atoms with Gasteiger partial charge in [-0.15, -0.1) is 0 Å². The van der Waals surface area contributed by atoms with E-state index in [1.165, 1.54) is 16.6 Å². The van der Waals surface area contributed by atoms with Crippen LogP contribution in [0.3, 0.4) is 0 Å². The average molecular weight is 340 g/mol. The molecule has 0 amide bonds. The Kier molecular flexibility index (Phi) is 3.70. The van der Waals surface area contributed by atoms with Crippen molar-refractivity contribution < 1.29 is 8.42 Å². The number of hydrogen-bond acceptors (Lipinski definition) is 2. The molecule has 2 N–H and O–H groups in total. The molecule has 1 unspecified atom stereocenters. The lowest BCUT2D eigenvalue weighted by Crippen LogP contribution is -2.38. The number of rotatable bonds is 3. The van der Waals surface area contributed by atoms with Gasteiger partial charge in [-0.25, -0.2) is 13.1 Å². The van der Waals surface area contributed by atoms with Crippen LogP contribution in [0.4, 0.5) is 0 Å². The Balaban J connectivity index is 1.59. The Hall–Kier alpha value is -2.11. The van der Waals surface area contributed by atoms with E-state index in [0.29, 0.717) is 4.90 Å². The van der Waals surface area contributed by atoms with Crippen molar-refractivity contribution >= 4 is 20.9 Å². The molecular weight excluding hydrogens is 320 g/mol. The molecule has 0 saturated heterocycles. The van der Waals surface area contributed by atoms with E-state index in [-0.39, 0.29) is 6.04 Å². The van der Waals surface area contributed by atoms with Gasteiger partial charge >= 0.3 is 0 Å². The SMILES string of the molecule is Cc1ccc(S(=O)(=O)NC2CCc3[nH]c4ccccc4c3C2)cc1. The first-order chi connectivity index (χ1) is 11.5. The number of aryl methyl sites for hydroxylation is 2. The van der Waals surface area contributed by atoms with Crippen LogP contribution in [0.5, 0.6) is 0 Å². The van der Waals surface area contributed by atoms with Crippen LogP contribution in [0.15, 0.2) is 53.4 Å². The fraction of sp³-hybridized carbons (Fsp3) is 0.263. The van der Waals surface area contributed by atoms with Crippen LogP contribution < -0.4 is 4.72 Å². The molecule has 2 aromatic carbocycles. The lowest BCUT2D eigenvalue weighted by Gasteiger charge is -2.23. The number of hydrogen-bond donors (Lipinski definition) is 2. The molecule has 0 fully saturated rings. The standard InChI is InChI=1S/C19H20N2O2S/c1-13-6-9-15(10-7-13)24(22,23)21-14-8-11-19-17(12-14)16-4-2-3-5-18(16)20-19/h2-7,9-10,14,20-21H,8,11-12H2,1H3. The van der Waals surface area contributed by atoms with E-state index in [4.69, 9.17) is 0 Å². The van der Waals surface area contributed by atoms with Gasteiger partial charge in [-0.05, 0) is 49.9 Å². The van der Waals surface area contributed by atoms with Crippen molar-refractivity contribution in [3.63, 3.8) is 0 Å². The number of aromatic amines is 1. The number of H-pyrrole nitrogens is 1. The third kappa shape index (κ3) is 2.74. The molecule has 0 spiro atoms. The fourth-order valence-corrected chi connectivity index (χ4v) is 4.75. The number of benzene rings is 2. The van der Waals surface area contributed by atoms with Crippen molar-refractivity contribution in [1.82, 2.24) is 9.71 Å². The summed E-state index contributed by atoms with van der Waals surface area (Å²) in [6, 6.07) is 15.1. The summed E-state index contributed by atoms with van der Waals surface area (Å²) >= 11 is 0. The summed E-state index contributed by atoms with van der Waals surface area (Å²) in [5, 5.41) is 1.20. The summed E-state index contributed by atoms with van der Waals surface area (Å²) in [7, 11) is -3.48. The smallest absolute Gasteiger partial charge is 0.240 e. The van der Waals surface area contributed by atoms with Gasteiger partial charge in [0.05, 0.1) is 4.90 Å². The zero-order chi connectivity index (χ0) is 16.7. The van der Waals surface area contributed by atoms with E-state index in [2.05, 4.69) is 21.8 Å². The lowest BCUT2D eigenvalue weighted by atomic mass is 9.92. The predicted molar refractivity (Wildman–Crippen MR) is 95.6 cm³/mol. The molecule has 4 rings (SSSR count). The second kappa shape index (κ2) is 5.76. The number of nitrogens with one attached hydrogen (secondary N) is 2. The van der Waals surface area contributed by atoms with E-state index >= 15 is 0 Å². The second-order valence-electron chi connectivity index (χ2n) is 6.50. The van der Waals surface area contributed by atoms with Gasteiger partial charge in [0.1, 0.15) is 0 Å². The monoisotopic (exact) mass is 340 g/mol. The number of fused-ring (bicyclic) bond motifs is 3. The molecule has 5 heteroatoms. The average Bonchev–Trinajstić information content (AvgIpc) is 2.93. The minimum atomic E-state index is -3.48. The lowest BCUT2D eigenvalue weighted by molar-refractivity contribution is 0.506. The summed E-state index contributed by atoms with van der Waals surface area (Å²) < 4.78 is 28.1. The minimum Gasteiger partial charge on any atom is -0.358 e. The summed E-state index contributed by atoms with van der Waals surface area (Å²) in [5.74, 6) is 0. The quantitative estimate of drug-likeness (QED) is 0.768. The highest BCUT2D eigenvalue weighted by atomic mass is 32.2. The number of aromatic nitrogens is 1. The number of sulfonamides is 1. The predicted octanol–water partition coefficient (Wildman–Crippen LogP) is 3.31. The summed E-state index contributed by atoms with van der Waals surface area (Å²) in [6.07, 6.45) is 2.40. The third-order valence-corrected chi connectivity index (χ3v) is 6.28. The van der Waals surface area contributed by atoms with E-state index in [1.54, 1.807) is 12.1 Å². The van der Waals surface area contributed by atoms with Crippen molar-refractivity contribution in [3.8, 4) is 0 Å². The zero-order valence-corrected chi connectivity index (χ0v) is 14.4. The molecule has 124 valence electrons. The van der Waals surface area contributed by atoms with Crippen LogP contribution in [0, 0.1) is 6.92 Å². The summed E-state index contributed by atoms with van der Waals surface area (Å²) in [6.45, 7) is 1.95. The highest BCUT2D eigenvalue weighted by molar-refractivity contribution is 7.89. The first kappa shape index (κ1) is 15.4. The summed E-state index contributed by atoms with van der Waals surface area (Å²) in [5.41, 5.74) is 4.66. The molecule has 0 aliphatic heterocycles. The molecule has 0 radical (unpaired) electrons. The molecule has 1 aromatic heterocycles. The molecule has 1 heterocycles. The highest BCUT2D eigenvalue weighted by Gasteiger charge is 2.26. The van der Waals surface area contributed by atoms with Gasteiger partial charge in [0.15, 0.2) is 0 Å². The molecule has 4 nitrogen and oxygen atoms in total. The van der Waals surface area contributed by atoms with Crippen LogP contribution in [-0.2, 0) is 22.9 Å². The highest BCUT2D eigenvalue weighted by Crippen LogP contribution is 2.29. The zero-order valence-electron chi connectivity index (χ0n) is 13.5. The van der Waals surface area contributed by atoms with Gasteiger partial charge in [-0.3, -0.25) is 0 Å². The van der Waals surface area contributed by atoms with Crippen molar-refractivity contribution in [2.75, 3.05) is 0 Å². The van der Waals surface area contributed by atoms with Gasteiger partial charge in [0, 0.05) is 22.6 Å². The molecule has 0 bridgehead atoms. The van der Waals surface area contributed by atoms with Gasteiger partial charge in [0.25, 0.3) is 0 Å². The minimum absolute atomic E-state index is 0.0667. The van der Waals surface area contributed by atoms with Gasteiger partial charge < -0.3 is 4.98 Å². The molecule has 1 aliphatic rings. The first-order valence-corrected chi connectivity index (χ1v) is 9.69. The largest absolute Gasteiger partial charge is 0.358 e. The molecule has 3 aromatic rings. The summed E-state index contributed by atoms with van der Waals surface area (Å²) in [4.78, 5) is 3.79. The van der Waals surface area contributed by atoms with Crippen LogP contribution in [0.2, 0.25) is 0 Å². The second-order valence-corrected chi connectivity index (χ2v) is 8.22. The Bertz CT molecular complexity index is 988. The Morgan fingerprint density at radius 2 is 1.83 bits per heavy atom. The van der Waals surface area contributed by atoms with E-state index in [0.717, 1.165) is 30.3 Å². The van der Waals surface area contributed by atoms with Crippen molar-refractivity contribution in [1.29, 1.82) is 0 Å². The Labute approximate surface area is 142 Å². The third-order valence-electron chi connectivity index (χ3n) is 4.75. The van der Waals surface area contributed by atoms with Crippen LogP contribution >= 0.6 is 0 Å². The Morgan fingerprint density at radius 1 is 1.08 bits per heavy atom. The molecular formula is C19H20N2O2S. The van der Waals surface area contributed by atoms with E-state index in [1.807, 2.05) is 31.2 Å². The topological polar surface area (TPSA) is 62.0 Å². The van der Waals surface area contributed by atoms with E-state index < -0.39 is 10.0 Å². The fourth-order valence-electron chi connectivity index (χ4n) is 3.47. The Morgan fingerprint density at radius 3 is 2.62 bits per heavy atom. The molecule has 24 heavy (non-hydrogen) atoms. The maximum absolute atomic E-state index is 12.6. The maximum Gasteiger partial charge on any atom is 0.240 e. The molecule has 1 atom stereocenters. The van der Waals surface area contributed by atoms with Crippen molar-refractivity contribution in [2.45, 2.75) is 37.1 Å². The molecule has 1 aliphatic carbocycles. The van der Waals surface area contributed by atoms with Crippen LogP contribution in [0.25, 0.3) is 10.9 Å². The van der Waals surface area contributed by atoms with Gasteiger partial charge in [-0.2, -0.15) is 0 Å². The van der Waals surface area contributed by atoms with E-state index in [9.17, 15) is 8.42 Å². The maximum atomic E-state index is 12.6. The molecule has 0 saturated carbocycles. The van der Waals surface area contributed by atoms with Crippen LogP contribution in [0.1, 0.15) is 23.2 Å². The van der Waals surface area contributed by atoms with Gasteiger partial charge in [0.2, 0.25) is 10.0 Å². The normalized spacial score (nSPS) is 17.8. The van der Waals surface area contributed by atoms with Crippen LogP contribution in [-0.4, -0.2) is 19.4 Å². The first-order valence-electron chi connectivity index (χ1n) is 8.20.